The summed E-state index contributed by atoms with van der Waals surface area (Å²) in [6.07, 6.45) is -0.543. The van der Waals surface area contributed by atoms with Crippen LogP contribution in [0.2, 0.25) is 0 Å². The van der Waals surface area contributed by atoms with E-state index < -0.39 is 6.09 Å². The fraction of sp³-hybridized carbons (Fsp3) is 0.333. The number of methoxy groups -OCH3 is 1. The van der Waals surface area contributed by atoms with Crippen LogP contribution in [0.15, 0.2) is 29.3 Å². The Morgan fingerprint density at radius 2 is 2.17 bits per heavy atom. The van der Waals surface area contributed by atoms with E-state index >= 15 is 0 Å². The Balaban J connectivity index is 2.07. The number of hydrogen-bond acceptors (Lipinski definition) is 4. The highest BCUT2D eigenvalue weighted by atomic mass is 32.2. The van der Waals surface area contributed by atoms with Crippen molar-refractivity contribution in [3.05, 3.63) is 24.3 Å². The first-order valence-corrected chi connectivity index (χ1v) is 6.53. The van der Waals surface area contributed by atoms with Gasteiger partial charge in [-0.2, -0.15) is 4.99 Å². The third kappa shape index (κ3) is 2.76. The second-order valence-electron chi connectivity index (χ2n) is 3.49. The molecule has 0 unspecified atom stereocenters. The standard InChI is InChI=1S/C12H14N2O3S/c1-3-17-12(15)13-11-14(8-18-11)9-4-6-10(16-2)7-5-9/h4-7H,3,8H2,1-2H3/b13-11-. The molecule has 5 nitrogen and oxygen atoms in total. The van der Waals surface area contributed by atoms with Gasteiger partial charge in [-0.1, -0.05) is 11.8 Å². The quantitative estimate of drug-likeness (QED) is 0.842. The number of amides is 1. The van der Waals surface area contributed by atoms with Crippen LogP contribution in [0.4, 0.5) is 10.5 Å². The van der Waals surface area contributed by atoms with Crippen molar-refractivity contribution in [2.24, 2.45) is 4.99 Å². The molecule has 2 rings (SSSR count). The van der Waals surface area contributed by atoms with Gasteiger partial charge in [0.1, 0.15) is 5.75 Å². The predicted octanol–water partition coefficient (Wildman–Crippen LogP) is 2.72. The molecule has 0 saturated carbocycles. The largest absolute Gasteiger partial charge is 0.497 e. The molecule has 18 heavy (non-hydrogen) atoms. The van der Waals surface area contributed by atoms with E-state index in [1.807, 2.05) is 29.2 Å². The van der Waals surface area contributed by atoms with E-state index in [1.54, 1.807) is 14.0 Å². The van der Waals surface area contributed by atoms with Gasteiger partial charge in [0.05, 0.1) is 19.6 Å². The van der Waals surface area contributed by atoms with Crippen LogP contribution in [-0.4, -0.2) is 30.9 Å². The molecule has 1 fully saturated rings. The number of nitrogens with zero attached hydrogens (tertiary/aromatic N) is 2. The summed E-state index contributed by atoms with van der Waals surface area (Å²) in [4.78, 5) is 17.1. The Bertz CT molecular complexity index is 459. The fourth-order valence-electron chi connectivity index (χ4n) is 1.46. The van der Waals surface area contributed by atoms with Crippen molar-refractivity contribution in [2.75, 3.05) is 24.5 Å². The Labute approximate surface area is 110 Å². The van der Waals surface area contributed by atoms with Crippen molar-refractivity contribution < 1.29 is 14.3 Å². The number of carbonyl (C=O) groups excluding carboxylic acids is 1. The van der Waals surface area contributed by atoms with E-state index in [2.05, 4.69) is 4.99 Å². The molecule has 96 valence electrons. The topological polar surface area (TPSA) is 51.1 Å². The molecule has 1 aliphatic heterocycles. The Hall–Kier alpha value is -1.69. The molecule has 0 aromatic heterocycles. The molecule has 0 atom stereocenters. The highest BCUT2D eigenvalue weighted by Crippen LogP contribution is 2.31. The summed E-state index contributed by atoms with van der Waals surface area (Å²) in [5.41, 5.74) is 0.984. The molecule has 1 aromatic rings. The highest BCUT2D eigenvalue weighted by Gasteiger charge is 2.25. The Morgan fingerprint density at radius 1 is 1.44 bits per heavy atom. The Morgan fingerprint density at radius 3 is 2.67 bits per heavy atom. The van der Waals surface area contributed by atoms with Crippen molar-refractivity contribution in [3.63, 3.8) is 0 Å². The van der Waals surface area contributed by atoms with Crippen LogP contribution >= 0.6 is 11.8 Å². The van der Waals surface area contributed by atoms with E-state index in [0.717, 1.165) is 17.3 Å². The molecular formula is C12H14N2O3S. The first kappa shape index (κ1) is 12.8. The van der Waals surface area contributed by atoms with Crippen LogP contribution in [0.3, 0.4) is 0 Å². The summed E-state index contributed by atoms with van der Waals surface area (Å²) < 4.78 is 9.88. The molecule has 1 saturated heterocycles. The number of carbonyl (C=O) groups is 1. The predicted molar refractivity (Wildman–Crippen MR) is 72.4 cm³/mol. The lowest BCUT2D eigenvalue weighted by molar-refractivity contribution is 0.163. The average molecular weight is 266 g/mol. The van der Waals surface area contributed by atoms with Gasteiger partial charge in [-0.25, -0.2) is 4.79 Å². The number of aliphatic imine (C=N–C) groups is 1. The first-order chi connectivity index (χ1) is 8.74. The molecule has 1 aromatic carbocycles. The second-order valence-corrected chi connectivity index (χ2v) is 4.40. The van der Waals surface area contributed by atoms with Crippen molar-refractivity contribution in [1.82, 2.24) is 0 Å². The van der Waals surface area contributed by atoms with Gasteiger partial charge in [-0.05, 0) is 31.2 Å². The van der Waals surface area contributed by atoms with Gasteiger partial charge in [0.15, 0.2) is 5.17 Å². The summed E-state index contributed by atoms with van der Waals surface area (Å²) in [7, 11) is 1.63. The molecule has 1 heterocycles. The SMILES string of the molecule is CCOC(=O)/N=C1\SCN1c1ccc(OC)cc1. The van der Waals surface area contributed by atoms with Gasteiger partial charge in [0, 0.05) is 5.69 Å². The van der Waals surface area contributed by atoms with Crippen LogP contribution < -0.4 is 9.64 Å². The van der Waals surface area contributed by atoms with E-state index in [1.165, 1.54) is 11.8 Å². The molecule has 0 radical (unpaired) electrons. The lowest BCUT2D eigenvalue weighted by Gasteiger charge is -2.33. The summed E-state index contributed by atoms with van der Waals surface area (Å²) in [5.74, 6) is 1.58. The normalized spacial score (nSPS) is 16.3. The van der Waals surface area contributed by atoms with Gasteiger partial charge in [-0.3, -0.25) is 0 Å². The number of ether oxygens (including phenoxy) is 2. The van der Waals surface area contributed by atoms with Gasteiger partial charge >= 0.3 is 6.09 Å². The van der Waals surface area contributed by atoms with Gasteiger partial charge in [-0.15, -0.1) is 0 Å². The smallest absolute Gasteiger partial charge is 0.436 e. The minimum absolute atomic E-state index is 0.336. The molecule has 6 heteroatoms. The Kier molecular flexibility index (Phi) is 4.09. The number of thioether (sulfide) groups is 1. The molecule has 0 bridgehead atoms. The lowest BCUT2D eigenvalue weighted by Crippen LogP contribution is -2.39. The molecular weight excluding hydrogens is 252 g/mol. The van der Waals surface area contributed by atoms with Crippen LogP contribution in [0.1, 0.15) is 6.92 Å². The minimum Gasteiger partial charge on any atom is -0.497 e. The zero-order valence-electron chi connectivity index (χ0n) is 10.3. The maximum atomic E-state index is 11.3. The van der Waals surface area contributed by atoms with Crippen LogP contribution in [0.5, 0.6) is 5.75 Å². The lowest BCUT2D eigenvalue weighted by atomic mass is 10.3. The third-order valence-corrected chi connectivity index (χ3v) is 3.35. The van der Waals surface area contributed by atoms with E-state index in [0.29, 0.717) is 11.8 Å². The summed E-state index contributed by atoms with van der Waals surface area (Å²) in [6.45, 7) is 2.09. The van der Waals surface area contributed by atoms with Crippen molar-refractivity contribution in [2.45, 2.75) is 6.92 Å². The average Bonchev–Trinajstić information content (AvgIpc) is 2.36. The first-order valence-electron chi connectivity index (χ1n) is 5.54. The van der Waals surface area contributed by atoms with Crippen molar-refractivity contribution in [3.8, 4) is 5.75 Å². The molecule has 0 aliphatic carbocycles. The fourth-order valence-corrected chi connectivity index (χ4v) is 2.23. The summed E-state index contributed by atoms with van der Waals surface area (Å²) in [6, 6.07) is 7.61. The molecule has 0 spiro atoms. The van der Waals surface area contributed by atoms with Crippen LogP contribution in [0, 0.1) is 0 Å². The van der Waals surface area contributed by atoms with Gasteiger partial charge in [0.25, 0.3) is 0 Å². The summed E-state index contributed by atoms with van der Waals surface area (Å²) >= 11 is 1.52. The van der Waals surface area contributed by atoms with Crippen molar-refractivity contribution in [1.29, 1.82) is 0 Å². The second kappa shape index (κ2) is 5.77. The summed E-state index contributed by atoms with van der Waals surface area (Å²) in [5, 5.41) is 0.665. The molecule has 1 amide bonds. The number of hydrogen-bond donors (Lipinski definition) is 0. The zero-order valence-corrected chi connectivity index (χ0v) is 11.1. The number of benzene rings is 1. The number of rotatable bonds is 3. The maximum Gasteiger partial charge on any atom is 0.436 e. The minimum atomic E-state index is -0.543. The zero-order chi connectivity index (χ0) is 13.0. The van der Waals surface area contributed by atoms with Crippen molar-refractivity contribution >= 4 is 28.7 Å². The number of amidine groups is 1. The maximum absolute atomic E-state index is 11.3. The van der Waals surface area contributed by atoms with Gasteiger partial charge in [0.2, 0.25) is 0 Å². The molecule has 0 N–H and O–H groups in total. The third-order valence-electron chi connectivity index (χ3n) is 2.39. The monoisotopic (exact) mass is 266 g/mol. The molecule has 1 aliphatic rings. The number of anilines is 1. The van der Waals surface area contributed by atoms with Crippen LogP contribution in [0.25, 0.3) is 0 Å². The van der Waals surface area contributed by atoms with E-state index in [-0.39, 0.29) is 0 Å². The van der Waals surface area contributed by atoms with Gasteiger partial charge < -0.3 is 14.4 Å². The highest BCUT2D eigenvalue weighted by molar-refractivity contribution is 8.16. The van der Waals surface area contributed by atoms with E-state index in [9.17, 15) is 4.79 Å². The van der Waals surface area contributed by atoms with Crippen LogP contribution in [-0.2, 0) is 4.74 Å². The van der Waals surface area contributed by atoms with E-state index in [4.69, 9.17) is 9.47 Å².